The lowest BCUT2D eigenvalue weighted by molar-refractivity contribution is -0.172. The molecule has 1 amide bonds. The molecule has 7 heteroatoms. The van der Waals surface area contributed by atoms with Crippen molar-refractivity contribution in [2.24, 2.45) is 5.92 Å². The van der Waals surface area contributed by atoms with E-state index in [2.05, 4.69) is 6.58 Å². The summed E-state index contributed by atoms with van der Waals surface area (Å²) in [4.78, 5) is 37.1. The first-order chi connectivity index (χ1) is 9.72. The molecule has 6 nitrogen and oxygen atoms in total. The summed E-state index contributed by atoms with van der Waals surface area (Å²) in [7, 11) is 0. The van der Waals surface area contributed by atoms with Crippen molar-refractivity contribution in [3.8, 4) is 0 Å². The molecular formula is C14H19NO5S. The maximum atomic E-state index is 12.2. The van der Waals surface area contributed by atoms with Crippen LogP contribution in [0.15, 0.2) is 12.7 Å². The summed E-state index contributed by atoms with van der Waals surface area (Å²) >= 11 is 1.41. The van der Waals surface area contributed by atoms with Gasteiger partial charge in [0.05, 0.1) is 5.37 Å². The molecule has 116 valence electrons. The molecule has 21 heavy (non-hydrogen) atoms. The lowest BCUT2D eigenvalue weighted by atomic mass is 9.86. The van der Waals surface area contributed by atoms with Gasteiger partial charge in [-0.3, -0.25) is 9.59 Å². The van der Waals surface area contributed by atoms with Crippen molar-refractivity contribution in [1.29, 1.82) is 0 Å². The minimum Gasteiger partial charge on any atom is -0.460 e. The topological polar surface area (TPSA) is 83.9 Å². The Morgan fingerprint density at radius 2 is 2.19 bits per heavy atom. The van der Waals surface area contributed by atoms with Gasteiger partial charge in [0.25, 0.3) is 0 Å². The fraction of sp³-hybridized carbons (Fsp3) is 0.643. The fourth-order valence-electron chi connectivity index (χ4n) is 2.79. The maximum absolute atomic E-state index is 12.2. The van der Waals surface area contributed by atoms with Crippen LogP contribution in [-0.4, -0.2) is 56.5 Å². The number of rotatable bonds is 5. The van der Waals surface area contributed by atoms with Crippen molar-refractivity contribution in [2.45, 2.75) is 43.0 Å². The summed E-state index contributed by atoms with van der Waals surface area (Å²) in [6.07, 6.45) is 0.148. The maximum Gasteiger partial charge on any atom is 0.330 e. The molecule has 0 radical (unpaired) electrons. The van der Waals surface area contributed by atoms with Gasteiger partial charge in [0.2, 0.25) is 5.91 Å². The second-order valence-electron chi connectivity index (χ2n) is 5.76. The van der Waals surface area contributed by atoms with Crippen LogP contribution >= 0.6 is 11.8 Å². The van der Waals surface area contributed by atoms with Gasteiger partial charge in [0, 0.05) is 4.75 Å². The quantitative estimate of drug-likeness (QED) is 0.448. The predicted octanol–water partition coefficient (Wildman–Crippen LogP) is 0.344. The number of Topliss-reactive ketones (excluding diaryl/α,β-unsaturated/α-hetero) is 1. The SMILES string of the molecule is C=CCOC(=O)[C@@H]1N2C(=O)[C@@H]([C@H](O)C(C)=O)[C@H]2SC1(C)C. The Labute approximate surface area is 127 Å². The van der Waals surface area contributed by atoms with E-state index in [4.69, 9.17) is 4.74 Å². The third-order valence-corrected chi connectivity index (χ3v) is 5.40. The normalized spacial score (nSPS) is 31.1. The number of ketones is 1. The number of fused-ring (bicyclic) bond motifs is 1. The summed E-state index contributed by atoms with van der Waals surface area (Å²) < 4.78 is 4.52. The number of esters is 1. The van der Waals surface area contributed by atoms with E-state index < -0.39 is 34.6 Å². The van der Waals surface area contributed by atoms with E-state index in [0.29, 0.717) is 0 Å². The number of aliphatic hydroxyl groups is 1. The second kappa shape index (κ2) is 5.46. The first kappa shape index (κ1) is 16.0. The van der Waals surface area contributed by atoms with E-state index in [1.807, 2.05) is 13.8 Å². The Morgan fingerprint density at radius 3 is 2.71 bits per heavy atom. The van der Waals surface area contributed by atoms with Crippen molar-refractivity contribution in [3.63, 3.8) is 0 Å². The van der Waals surface area contributed by atoms with E-state index >= 15 is 0 Å². The molecule has 0 unspecified atom stereocenters. The number of ether oxygens (including phenoxy) is 1. The van der Waals surface area contributed by atoms with Gasteiger partial charge in [0.15, 0.2) is 5.78 Å². The van der Waals surface area contributed by atoms with Crippen LogP contribution in [-0.2, 0) is 19.1 Å². The first-order valence-corrected chi connectivity index (χ1v) is 7.56. The van der Waals surface area contributed by atoms with Gasteiger partial charge in [-0.15, -0.1) is 11.8 Å². The van der Waals surface area contributed by atoms with Gasteiger partial charge in [-0.25, -0.2) is 4.79 Å². The highest BCUT2D eigenvalue weighted by molar-refractivity contribution is 8.01. The van der Waals surface area contributed by atoms with Gasteiger partial charge in [-0.05, 0) is 20.8 Å². The van der Waals surface area contributed by atoms with Crippen LogP contribution in [0.3, 0.4) is 0 Å². The Kier molecular flexibility index (Phi) is 4.17. The first-order valence-electron chi connectivity index (χ1n) is 6.68. The number of carbonyl (C=O) groups is 3. The molecule has 0 spiro atoms. The molecule has 4 atom stereocenters. The zero-order valence-corrected chi connectivity index (χ0v) is 13.1. The van der Waals surface area contributed by atoms with Crippen molar-refractivity contribution >= 4 is 29.4 Å². The van der Waals surface area contributed by atoms with Crippen LogP contribution in [0.1, 0.15) is 20.8 Å². The van der Waals surface area contributed by atoms with Crippen LogP contribution in [0.4, 0.5) is 0 Å². The summed E-state index contributed by atoms with van der Waals surface area (Å²) in [6.45, 7) is 8.51. The van der Waals surface area contributed by atoms with Crippen LogP contribution in [0.5, 0.6) is 0 Å². The zero-order valence-electron chi connectivity index (χ0n) is 12.2. The molecule has 2 heterocycles. The van der Waals surface area contributed by atoms with E-state index in [0.717, 1.165) is 0 Å². The highest BCUT2D eigenvalue weighted by Crippen LogP contribution is 2.54. The van der Waals surface area contributed by atoms with Gasteiger partial charge in [-0.2, -0.15) is 0 Å². The summed E-state index contributed by atoms with van der Waals surface area (Å²) in [5, 5.41) is 9.49. The lowest BCUT2D eigenvalue weighted by Gasteiger charge is -2.45. The van der Waals surface area contributed by atoms with E-state index in [1.54, 1.807) is 0 Å². The number of amides is 1. The summed E-state index contributed by atoms with van der Waals surface area (Å²) in [6, 6.07) is -0.713. The van der Waals surface area contributed by atoms with Crippen LogP contribution < -0.4 is 0 Å². The lowest BCUT2D eigenvalue weighted by Crippen LogP contribution is -2.66. The monoisotopic (exact) mass is 313 g/mol. The third kappa shape index (κ3) is 2.48. The minimum absolute atomic E-state index is 0.0856. The smallest absolute Gasteiger partial charge is 0.330 e. The van der Waals surface area contributed by atoms with Crippen LogP contribution in [0, 0.1) is 5.92 Å². The number of hydrogen-bond acceptors (Lipinski definition) is 6. The summed E-state index contributed by atoms with van der Waals surface area (Å²) in [5.41, 5.74) is 0. The molecular weight excluding hydrogens is 294 g/mol. The van der Waals surface area contributed by atoms with Crippen LogP contribution in [0.2, 0.25) is 0 Å². The highest BCUT2D eigenvalue weighted by atomic mass is 32.2. The number of thioether (sulfide) groups is 1. The van der Waals surface area contributed by atoms with Crippen LogP contribution in [0.25, 0.3) is 0 Å². The summed E-state index contributed by atoms with van der Waals surface area (Å²) in [5.74, 6) is -2.08. The van der Waals surface area contributed by atoms with Gasteiger partial charge < -0.3 is 14.7 Å². The Morgan fingerprint density at radius 1 is 1.57 bits per heavy atom. The number of hydrogen-bond donors (Lipinski definition) is 1. The van der Waals surface area contributed by atoms with Crippen molar-refractivity contribution in [1.82, 2.24) is 4.90 Å². The van der Waals surface area contributed by atoms with Crippen molar-refractivity contribution in [3.05, 3.63) is 12.7 Å². The van der Waals surface area contributed by atoms with Crippen molar-refractivity contribution in [2.75, 3.05) is 6.61 Å². The number of nitrogens with zero attached hydrogens (tertiary/aromatic N) is 1. The van der Waals surface area contributed by atoms with Gasteiger partial charge in [-0.1, -0.05) is 12.7 Å². The Bertz CT molecular complexity index is 504. The predicted molar refractivity (Wildman–Crippen MR) is 77.4 cm³/mol. The van der Waals surface area contributed by atoms with Gasteiger partial charge >= 0.3 is 5.97 Å². The molecule has 2 rings (SSSR count). The Hall–Kier alpha value is -1.34. The molecule has 0 aromatic carbocycles. The molecule has 0 aliphatic carbocycles. The molecule has 2 aliphatic heterocycles. The van der Waals surface area contributed by atoms with Crippen molar-refractivity contribution < 1.29 is 24.2 Å². The standard InChI is InChI=1S/C14H19NO5S/c1-5-6-20-13(19)10-14(3,4)21-12-8(9(17)7(2)16)11(18)15(10)12/h5,8-10,12,17H,1,6H2,2-4H3/t8-,9-,10+,12-/m1/s1. The second-order valence-corrected chi connectivity index (χ2v) is 7.53. The molecule has 2 fully saturated rings. The molecule has 1 N–H and O–H groups in total. The highest BCUT2D eigenvalue weighted by Gasteiger charge is 2.65. The zero-order chi connectivity index (χ0) is 15.9. The number of aliphatic hydroxyl groups excluding tert-OH is 1. The van der Waals surface area contributed by atoms with E-state index in [9.17, 15) is 19.5 Å². The fourth-order valence-corrected chi connectivity index (χ4v) is 4.50. The molecule has 0 saturated carbocycles. The molecule has 2 aliphatic rings. The molecule has 0 aromatic rings. The average molecular weight is 313 g/mol. The Balaban J connectivity index is 2.20. The third-order valence-electron chi connectivity index (χ3n) is 3.81. The average Bonchev–Trinajstić information content (AvgIpc) is 2.64. The largest absolute Gasteiger partial charge is 0.460 e. The number of β-lactam (4-membered cyclic amide) rings is 1. The molecule has 2 saturated heterocycles. The molecule has 0 bridgehead atoms. The minimum atomic E-state index is -1.31. The van der Waals surface area contributed by atoms with Gasteiger partial charge in [0.1, 0.15) is 24.7 Å². The van der Waals surface area contributed by atoms with E-state index in [1.165, 1.54) is 29.7 Å². The van der Waals surface area contributed by atoms with E-state index in [-0.39, 0.29) is 17.9 Å². The molecule has 0 aromatic heterocycles. The number of carbonyl (C=O) groups excluding carboxylic acids is 3.